The first kappa shape index (κ1) is 32.3. The first-order valence-corrected chi connectivity index (χ1v) is 19.5. The minimum atomic E-state index is -4.01. The van der Waals surface area contributed by atoms with Gasteiger partial charge in [-0.05, 0) is 80.6 Å². The number of methoxy groups -OCH3 is 1. The Morgan fingerprint density at radius 1 is 0.980 bits per heavy atom. The fourth-order valence-corrected chi connectivity index (χ4v) is 11.3. The van der Waals surface area contributed by atoms with Crippen molar-refractivity contribution in [2.75, 3.05) is 53.6 Å². The molecule has 10 nitrogen and oxygen atoms in total. The highest BCUT2D eigenvalue weighted by Crippen LogP contribution is 2.67. The third-order valence-corrected chi connectivity index (χ3v) is 14.6. The quantitative estimate of drug-likeness (QED) is 0.375. The van der Waals surface area contributed by atoms with Crippen LogP contribution < -0.4 is 9.46 Å². The lowest BCUT2D eigenvalue weighted by Gasteiger charge is -2.29. The van der Waals surface area contributed by atoms with E-state index in [2.05, 4.69) is 44.8 Å². The molecule has 6 aliphatic rings. The highest BCUT2D eigenvalue weighted by molar-refractivity contribution is 7.93. The summed E-state index contributed by atoms with van der Waals surface area (Å²) in [4.78, 5) is 33.0. The van der Waals surface area contributed by atoms with E-state index in [0.717, 1.165) is 78.7 Å². The van der Waals surface area contributed by atoms with Crippen molar-refractivity contribution in [3.8, 4) is 17.0 Å². The molecule has 3 saturated heterocycles. The predicted octanol–water partition coefficient (Wildman–Crippen LogP) is 5.24. The van der Waals surface area contributed by atoms with E-state index in [9.17, 15) is 13.2 Å². The summed E-state index contributed by atoms with van der Waals surface area (Å²) in [7, 11) is -0.141. The molecule has 2 aromatic carbocycles. The van der Waals surface area contributed by atoms with Gasteiger partial charge in [0.1, 0.15) is 5.75 Å². The standard InChI is InChI=1S/C39H46N4O6S/c1-24(2)50(46,47)40-35(44)26-10-12-29-32(14-26)43-21-39(36(45)42-19-37-17-41(3)18-38(37,20-42)23-49-22-37)16-31(39)30-15-27(48-4)11-13-28(30)34(43)33(29)25-8-6-5-7-9-25/h10-15,25,31H,1,5-9,16-23H2,2-4H3,(H,40,44)/t31-,37?,38?,39-/m0/s1. The Labute approximate surface area is 293 Å². The van der Waals surface area contributed by atoms with Crippen molar-refractivity contribution >= 4 is 32.7 Å². The van der Waals surface area contributed by atoms with Crippen molar-refractivity contribution in [3.63, 3.8) is 0 Å². The minimum absolute atomic E-state index is 0.0316. The number of likely N-dealkylation sites (tertiary alicyclic amines) is 2. The number of aromatic nitrogens is 1. The van der Waals surface area contributed by atoms with E-state index in [1.165, 1.54) is 18.9 Å². The van der Waals surface area contributed by atoms with Gasteiger partial charge >= 0.3 is 0 Å². The van der Waals surface area contributed by atoms with Crippen molar-refractivity contribution in [1.82, 2.24) is 19.1 Å². The number of nitrogens with one attached hydrogen (secondary N) is 1. The molecule has 50 heavy (non-hydrogen) atoms. The van der Waals surface area contributed by atoms with Crippen molar-refractivity contribution in [2.45, 2.75) is 63.8 Å². The summed E-state index contributed by atoms with van der Waals surface area (Å²) in [6.07, 6.45) is 6.45. The second kappa shape index (κ2) is 10.9. The molecule has 5 fully saturated rings. The van der Waals surface area contributed by atoms with Gasteiger partial charge in [0, 0.05) is 71.5 Å². The molecule has 4 aliphatic heterocycles. The normalized spacial score (nSPS) is 30.2. The molecule has 0 radical (unpaired) electrons. The minimum Gasteiger partial charge on any atom is -0.497 e. The molecule has 2 aliphatic carbocycles. The average Bonchev–Trinajstić information content (AvgIpc) is 3.32. The van der Waals surface area contributed by atoms with Crippen LogP contribution in [0.4, 0.5) is 0 Å². The lowest BCUT2D eigenvalue weighted by Crippen LogP contribution is -2.43. The van der Waals surface area contributed by atoms with Crippen LogP contribution in [0, 0.1) is 16.2 Å². The summed E-state index contributed by atoms with van der Waals surface area (Å²) >= 11 is 0. The van der Waals surface area contributed by atoms with E-state index in [0.29, 0.717) is 38.8 Å². The summed E-state index contributed by atoms with van der Waals surface area (Å²) in [5.74, 6) is 0.676. The number of allylic oxidation sites excluding steroid dienone is 1. The Hall–Kier alpha value is -3.67. The SMILES string of the molecule is C=C(C)S(=O)(=O)NC(=O)c1ccc2c(C3CCCCC3)c3n(c2c1)C[C@@]1(C(=O)N2CC45COCC4(CN(C)C5)C2)C[C@H]1c1cc(OC)ccc1-3. The predicted molar refractivity (Wildman–Crippen MR) is 191 cm³/mol. The van der Waals surface area contributed by atoms with Gasteiger partial charge in [0.05, 0.1) is 36.3 Å². The van der Waals surface area contributed by atoms with Gasteiger partial charge in [-0.15, -0.1) is 0 Å². The van der Waals surface area contributed by atoms with Gasteiger partial charge < -0.3 is 23.8 Å². The summed E-state index contributed by atoms with van der Waals surface area (Å²) < 4.78 is 41.6. The highest BCUT2D eigenvalue weighted by atomic mass is 32.2. The number of hydrogen-bond acceptors (Lipinski definition) is 7. The fourth-order valence-electron chi connectivity index (χ4n) is 10.7. The van der Waals surface area contributed by atoms with E-state index < -0.39 is 21.3 Å². The molecule has 4 atom stereocenters. The molecule has 0 spiro atoms. The van der Waals surface area contributed by atoms with Gasteiger partial charge in [-0.25, -0.2) is 13.1 Å². The first-order chi connectivity index (χ1) is 23.9. The van der Waals surface area contributed by atoms with Gasteiger partial charge in [-0.1, -0.05) is 31.9 Å². The lowest BCUT2D eigenvalue weighted by atomic mass is 9.71. The number of sulfonamides is 1. The number of carbonyl (C=O) groups excluding carboxylic acids is 2. The van der Waals surface area contributed by atoms with Crippen LogP contribution >= 0.6 is 0 Å². The van der Waals surface area contributed by atoms with E-state index in [-0.39, 0.29) is 33.1 Å². The molecule has 1 N–H and O–H groups in total. The number of carbonyl (C=O) groups is 2. The number of rotatable bonds is 6. The Morgan fingerprint density at radius 3 is 2.38 bits per heavy atom. The third-order valence-electron chi connectivity index (χ3n) is 13.2. The second-order valence-electron chi connectivity index (χ2n) is 16.3. The molecule has 9 rings (SSSR count). The Kier molecular flexibility index (Phi) is 7.04. The Bertz CT molecular complexity index is 2080. The van der Waals surface area contributed by atoms with Crippen LogP contribution in [0.5, 0.6) is 5.75 Å². The molecule has 3 aromatic rings. The number of fused-ring (bicyclic) bond motifs is 7. The Morgan fingerprint density at radius 2 is 1.70 bits per heavy atom. The lowest BCUT2D eigenvalue weighted by molar-refractivity contribution is -0.138. The molecule has 5 heterocycles. The van der Waals surface area contributed by atoms with E-state index >= 15 is 4.79 Å². The van der Waals surface area contributed by atoms with E-state index in [1.54, 1.807) is 13.2 Å². The van der Waals surface area contributed by atoms with Gasteiger partial charge in [-0.3, -0.25) is 9.59 Å². The van der Waals surface area contributed by atoms with Crippen molar-refractivity contribution in [3.05, 3.63) is 64.6 Å². The average molecular weight is 699 g/mol. The number of ether oxygens (including phenoxy) is 2. The molecule has 1 aromatic heterocycles. The van der Waals surface area contributed by atoms with Crippen LogP contribution in [0.25, 0.3) is 22.2 Å². The summed E-state index contributed by atoms with van der Waals surface area (Å²) in [5.41, 5.74) is 5.09. The van der Waals surface area contributed by atoms with Gasteiger partial charge in [0.25, 0.3) is 15.9 Å². The maximum absolute atomic E-state index is 15.2. The molecular weight excluding hydrogens is 653 g/mol. The third kappa shape index (κ3) is 4.48. The van der Waals surface area contributed by atoms with Crippen LogP contribution in [-0.2, 0) is 26.1 Å². The zero-order valence-corrected chi connectivity index (χ0v) is 30.0. The molecule has 0 bridgehead atoms. The topological polar surface area (TPSA) is 110 Å². The van der Waals surface area contributed by atoms with Gasteiger partial charge in [0.2, 0.25) is 5.91 Å². The maximum Gasteiger partial charge on any atom is 0.265 e. The van der Waals surface area contributed by atoms with Crippen LogP contribution in [-0.4, -0.2) is 88.1 Å². The second-order valence-corrected chi connectivity index (χ2v) is 18.2. The molecular formula is C39H46N4O6S. The van der Waals surface area contributed by atoms with Crippen molar-refractivity contribution < 1.29 is 27.5 Å². The largest absolute Gasteiger partial charge is 0.497 e. The summed E-state index contributed by atoms with van der Waals surface area (Å²) in [6, 6.07) is 11.9. The van der Waals surface area contributed by atoms with Crippen molar-refractivity contribution in [2.24, 2.45) is 16.2 Å². The molecule has 2 saturated carbocycles. The van der Waals surface area contributed by atoms with Gasteiger partial charge in [-0.2, -0.15) is 0 Å². The molecule has 264 valence electrons. The number of benzene rings is 2. The smallest absolute Gasteiger partial charge is 0.265 e. The Balaban J connectivity index is 1.20. The van der Waals surface area contributed by atoms with Crippen LogP contribution in [0.3, 0.4) is 0 Å². The van der Waals surface area contributed by atoms with Gasteiger partial charge in [0.15, 0.2) is 0 Å². The molecule has 2 amide bonds. The van der Waals surface area contributed by atoms with E-state index in [4.69, 9.17) is 9.47 Å². The molecule has 2 unspecified atom stereocenters. The monoisotopic (exact) mass is 698 g/mol. The van der Waals surface area contributed by atoms with Crippen LogP contribution in [0.15, 0.2) is 47.9 Å². The number of hydrogen-bond donors (Lipinski definition) is 1. The zero-order chi connectivity index (χ0) is 34.8. The molecule has 11 heteroatoms. The fraction of sp³-hybridized carbons (Fsp3) is 0.538. The van der Waals surface area contributed by atoms with Crippen LogP contribution in [0.1, 0.15) is 78.8 Å². The number of nitrogens with zero attached hydrogens (tertiary/aromatic N) is 3. The summed E-state index contributed by atoms with van der Waals surface area (Å²) in [6.45, 7) is 10.1. The van der Waals surface area contributed by atoms with E-state index in [1.807, 2.05) is 18.2 Å². The number of amides is 2. The zero-order valence-electron chi connectivity index (χ0n) is 29.2. The maximum atomic E-state index is 15.2. The summed E-state index contributed by atoms with van der Waals surface area (Å²) in [5, 5.41) is 1.07. The first-order valence-electron chi connectivity index (χ1n) is 18.0. The van der Waals surface area contributed by atoms with Crippen LogP contribution in [0.2, 0.25) is 0 Å². The van der Waals surface area contributed by atoms with Crippen molar-refractivity contribution in [1.29, 1.82) is 0 Å². The highest BCUT2D eigenvalue weighted by Gasteiger charge is 2.70.